The van der Waals surface area contributed by atoms with E-state index >= 15 is 0 Å². The Bertz CT molecular complexity index is 1050. The van der Waals surface area contributed by atoms with E-state index in [0.717, 1.165) is 0 Å². The third-order valence-corrected chi connectivity index (χ3v) is 5.03. The van der Waals surface area contributed by atoms with E-state index in [-0.39, 0.29) is 30.3 Å². The lowest BCUT2D eigenvalue weighted by Gasteiger charge is -2.32. The van der Waals surface area contributed by atoms with Crippen LogP contribution in [0.4, 0.5) is 5.69 Å². The number of anilines is 1. The lowest BCUT2D eigenvalue weighted by molar-refractivity contribution is 0.0607. The predicted molar refractivity (Wildman–Crippen MR) is 108 cm³/mol. The first kappa shape index (κ1) is 19.2. The van der Waals surface area contributed by atoms with Crippen molar-refractivity contribution >= 4 is 23.2 Å². The van der Waals surface area contributed by atoms with Gasteiger partial charge < -0.3 is 14.8 Å². The smallest absolute Gasteiger partial charge is 0.255 e. The van der Waals surface area contributed by atoms with Gasteiger partial charge in [0, 0.05) is 11.3 Å². The Morgan fingerprint density at radius 2 is 1.34 bits per heavy atom. The van der Waals surface area contributed by atoms with Crippen molar-refractivity contribution in [1.82, 2.24) is 0 Å². The molecule has 2 aliphatic rings. The molecule has 4 rings (SSSR count). The second-order valence-electron chi connectivity index (χ2n) is 8.80. The molecule has 2 heterocycles. The van der Waals surface area contributed by atoms with Gasteiger partial charge in [0.15, 0.2) is 11.6 Å². The van der Waals surface area contributed by atoms with Crippen LogP contribution in [0, 0.1) is 0 Å². The molecule has 0 atom stereocenters. The number of benzene rings is 2. The number of carbonyl (C=O) groups excluding carboxylic acids is 3. The van der Waals surface area contributed by atoms with Crippen LogP contribution < -0.4 is 14.8 Å². The maximum Gasteiger partial charge on any atom is 0.255 e. The fourth-order valence-corrected chi connectivity index (χ4v) is 3.73. The molecule has 2 aliphatic heterocycles. The lowest BCUT2D eigenvalue weighted by atomic mass is 9.92. The summed E-state index contributed by atoms with van der Waals surface area (Å²) in [6, 6.07) is 9.83. The Balaban J connectivity index is 1.57. The monoisotopic (exact) mass is 393 g/mol. The van der Waals surface area contributed by atoms with Crippen molar-refractivity contribution in [3.63, 3.8) is 0 Å². The van der Waals surface area contributed by atoms with Crippen LogP contribution in [-0.2, 0) is 0 Å². The van der Waals surface area contributed by atoms with E-state index in [1.165, 1.54) is 0 Å². The maximum atomic E-state index is 12.7. The summed E-state index contributed by atoms with van der Waals surface area (Å²) in [5.41, 5.74) is 0.613. The number of carbonyl (C=O) groups is 3. The fraction of sp³-hybridized carbons (Fsp3) is 0.348. The summed E-state index contributed by atoms with van der Waals surface area (Å²) in [4.78, 5) is 37.5. The van der Waals surface area contributed by atoms with Gasteiger partial charge in [-0.1, -0.05) is 0 Å². The van der Waals surface area contributed by atoms with Crippen LogP contribution in [-0.4, -0.2) is 28.7 Å². The van der Waals surface area contributed by atoms with E-state index in [2.05, 4.69) is 5.32 Å². The second-order valence-corrected chi connectivity index (χ2v) is 8.80. The van der Waals surface area contributed by atoms with Crippen LogP contribution in [0.3, 0.4) is 0 Å². The van der Waals surface area contributed by atoms with Gasteiger partial charge in [-0.05, 0) is 64.1 Å². The highest BCUT2D eigenvalue weighted by molar-refractivity contribution is 6.08. The Kier molecular flexibility index (Phi) is 4.26. The highest BCUT2D eigenvalue weighted by Gasteiger charge is 2.34. The Morgan fingerprint density at radius 1 is 0.828 bits per heavy atom. The number of hydrogen-bond acceptors (Lipinski definition) is 5. The number of fused-ring (bicyclic) bond motifs is 2. The van der Waals surface area contributed by atoms with E-state index in [9.17, 15) is 14.4 Å². The molecule has 29 heavy (non-hydrogen) atoms. The molecule has 2 aromatic carbocycles. The van der Waals surface area contributed by atoms with Crippen molar-refractivity contribution in [2.45, 2.75) is 51.7 Å². The van der Waals surface area contributed by atoms with Crippen LogP contribution in [0.15, 0.2) is 36.4 Å². The van der Waals surface area contributed by atoms with Crippen molar-refractivity contribution in [3.05, 3.63) is 53.1 Å². The van der Waals surface area contributed by atoms with Crippen molar-refractivity contribution in [2.24, 2.45) is 0 Å². The number of amides is 1. The molecule has 1 N–H and O–H groups in total. The molecule has 0 saturated heterocycles. The molecular formula is C23H23NO5. The molecule has 0 radical (unpaired) electrons. The highest BCUT2D eigenvalue weighted by atomic mass is 16.5. The van der Waals surface area contributed by atoms with Crippen molar-refractivity contribution in [2.75, 3.05) is 5.32 Å². The Morgan fingerprint density at radius 3 is 1.93 bits per heavy atom. The zero-order chi connectivity index (χ0) is 21.0. The summed E-state index contributed by atoms with van der Waals surface area (Å²) in [5, 5.41) is 2.79. The molecule has 1 amide bonds. The van der Waals surface area contributed by atoms with Crippen LogP contribution in [0.5, 0.6) is 11.5 Å². The largest absolute Gasteiger partial charge is 0.487 e. The van der Waals surface area contributed by atoms with Gasteiger partial charge in [-0.25, -0.2) is 0 Å². The van der Waals surface area contributed by atoms with Gasteiger partial charge in [-0.3, -0.25) is 14.4 Å². The molecule has 0 aromatic heterocycles. The third kappa shape index (κ3) is 3.75. The van der Waals surface area contributed by atoms with Crippen molar-refractivity contribution in [1.29, 1.82) is 0 Å². The number of hydrogen-bond donors (Lipinski definition) is 1. The molecule has 0 bridgehead atoms. The number of ether oxygens (including phenoxy) is 2. The minimum atomic E-state index is -0.555. The van der Waals surface area contributed by atoms with Crippen molar-refractivity contribution < 1.29 is 23.9 Å². The van der Waals surface area contributed by atoms with E-state index in [0.29, 0.717) is 33.9 Å². The molecular weight excluding hydrogens is 370 g/mol. The highest BCUT2D eigenvalue weighted by Crippen LogP contribution is 2.35. The molecule has 2 aromatic rings. The Labute approximate surface area is 169 Å². The predicted octanol–water partition coefficient (Wildman–Crippen LogP) is 4.43. The van der Waals surface area contributed by atoms with E-state index < -0.39 is 11.2 Å². The van der Waals surface area contributed by atoms with E-state index in [1.54, 1.807) is 36.4 Å². The average Bonchev–Trinajstić information content (AvgIpc) is 2.60. The van der Waals surface area contributed by atoms with Crippen LogP contribution in [0.1, 0.15) is 71.6 Å². The summed E-state index contributed by atoms with van der Waals surface area (Å²) >= 11 is 0. The van der Waals surface area contributed by atoms with Gasteiger partial charge in [0.1, 0.15) is 22.7 Å². The lowest BCUT2D eigenvalue weighted by Crippen LogP contribution is -2.36. The first-order valence-electron chi connectivity index (χ1n) is 9.57. The molecule has 6 nitrogen and oxygen atoms in total. The summed E-state index contributed by atoms with van der Waals surface area (Å²) in [7, 11) is 0. The van der Waals surface area contributed by atoms with Gasteiger partial charge in [-0.15, -0.1) is 0 Å². The first-order valence-corrected chi connectivity index (χ1v) is 9.57. The van der Waals surface area contributed by atoms with Crippen LogP contribution >= 0.6 is 0 Å². The zero-order valence-electron chi connectivity index (χ0n) is 16.9. The van der Waals surface area contributed by atoms with Gasteiger partial charge in [0.05, 0.1) is 24.0 Å². The number of Topliss-reactive ketones (excluding diaryl/α,β-unsaturated/α-hetero) is 2. The summed E-state index contributed by atoms with van der Waals surface area (Å²) in [5.74, 6) is 0.566. The molecule has 0 spiro atoms. The molecule has 150 valence electrons. The van der Waals surface area contributed by atoms with Gasteiger partial charge >= 0.3 is 0 Å². The summed E-state index contributed by atoms with van der Waals surface area (Å²) in [6.07, 6.45) is 0.537. The quantitative estimate of drug-likeness (QED) is 0.816. The molecule has 0 saturated carbocycles. The zero-order valence-corrected chi connectivity index (χ0v) is 16.9. The third-order valence-electron chi connectivity index (χ3n) is 5.03. The number of rotatable bonds is 2. The maximum absolute atomic E-state index is 12.7. The molecule has 6 heteroatoms. The minimum Gasteiger partial charge on any atom is -0.487 e. The van der Waals surface area contributed by atoms with Gasteiger partial charge in [-0.2, -0.15) is 0 Å². The average molecular weight is 393 g/mol. The van der Waals surface area contributed by atoms with Crippen molar-refractivity contribution in [3.8, 4) is 11.5 Å². The first-order chi connectivity index (χ1) is 13.5. The van der Waals surface area contributed by atoms with Gasteiger partial charge in [0.2, 0.25) is 0 Å². The topological polar surface area (TPSA) is 81.7 Å². The second kappa shape index (κ2) is 6.44. The standard InChI is InChI=1S/C23H23NO5/c1-22(2)11-17(25)15-9-13(5-7-19(15)28-22)21(27)24-14-6-8-20-16(10-14)18(26)12-23(3,4)29-20/h5-10H,11-12H2,1-4H3,(H,24,27). The molecule has 0 aliphatic carbocycles. The van der Waals surface area contributed by atoms with Gasteiger partial charge in [0.25, 0.3) is 5.91 Å². The SMILES string of the molecule is CC1(C)CC(=O)c2cc(NC(=O)c3ccc4c(c3)C(=O)CC(C)(C)O4)ccc2O1. The normalized spacial score (nSPS) is 18.8. The number of nitrogens with one attached hydrogen (secondary N) is 1. The summed E-state index contributed by atoms with van der Waals surface area (Å²) in [6.45, 7) is 7.45. The fourth-order valence-electron chi connectivity index (χ4n) is 3.73. The number of ketones is 2. The molecule has 0 unspecified atom stereocenters. The van der Waals surface area contributed by atoms with E-state index in [4.69, 9.17) is 9.47 Å². The minimum absolute atomic E-state index is 0.0218. The summed E-state index contributed by atoms with van der Waals surface area (Å²) < 4.78 is 11.7. The Hall–Kier alpha value is -3.15. The molecule has 0 fully saturated rings. The van der Waals surface area contributed by atoms with E-state index in [1.807, 2.05) is 27.7 Å². The van der Waals surface area contributed by atoms with Crippen LogP contribution in [0.2, 0.25) is 0 Å². The van der Waals surface area contributed by atoms with Crippen LogP contribution in [0.25, 0.3) is 0 Å².